The van der Waals surface area contributed by atoms with Crippen LogP contribution in [0, 0.1) is 5.92 Å². The summed E-state index contributed by atoms with van der Waals surface area (Å²) >= 11 is 0. The van der Waals surface area contributed by atoms with Crippen LogP contribution in [0.1, 0.15) is 12.8 Å². The molecule has 19 heavy (non-hydrogen) atoms. The van der Waals surface area contributed by atoms with E-state index in [0.717, 1.165) is 37.3 Å². The summed E-state index contributed by atoms with van der Waals surface area (Å²) in [5.74, 6) is 1.89. The van der Waals surface area contributed by atoms with E-state index < -0.39 is 0 Å². The molecule has 0 aliphatic carbocycles. The van der Waals surface area contributed by atoms with Gasteiger partial charge in [-0.25, -0.2) is 4.98 Å². The first kappa shape index (κ1) is 12.2. The summed E-state index contributed by atoms with van der Waals surface area (Å²) < 4.78 is 0. The zero-order valence-electron chi connectivity index (χ0n) is 10.9. The van der Waals surface area contributed by atoms with Gasteiger partial charge in [-0.15, -0.1) is 0 Å². The van der Waals surface area contributed by atoms with Crippen LogP contribution in [-0.4, -0.2) is 51.8 Å². The minimum Gasteiger partial charge on any atom is -0.396 e. The van der Waals surface area contributed by atoms with Gasteiger partial charge >= 0.3 is 0 Å². The molecule has 0 atom stereocenters. The first-order chi connectivity index (χ1) is 9.31. The molecule has 1 fully saturated rings. The van der Waals surface area contributed by atoms with Crippen molar-refractivity contribution in [2.24, 2.45) is 5.92 Å². The summed E-state index contributed by atoms with van der Waals surface area (Å²) in [6, 6.07) is 0. The van der Waals surface area contributed by atoms with Gasteiger partial charge in [0.15, 0.2) is 11.5 Å². The number of fused-ring (bicyclic) bond motifs is 1. The number of nitrogens with one attached hydrogen (secondary N) is 2. The quantitative estimate of drug-likeness (QED) is 0.750. The van der Waals surface area contributed by atoms with E-state index >= 15 is 0 Å². The molecule has 2 aromatic heterocycles. The van der Waals surface area contributed by atoms with Crippen LogP contribution in [0.2, 0.25) is 0 Å². The second-order valence-corrected chi connectivity index (χ2v) is 4.83. The topological polar surface area (TPSA) is 90.0 Å². The monoisotopic (exact) mass is 262 g/mol. The van der Waals surface area contributed by atoms with E-state index in [2.05, 4.69) is 30.2 Å². The third-order valence-corrected chi connectivity index (χ3v) is 3.66. The lowest BCUT2D eigenvalue weighted by atomic mass is 9.98. The number of piperidine rings is 1. The third-order valence-electron chi connectivity index (χ3n) is 3.66. The van der Waals surface area contributed by atoms with Gasteiger partial charge in [0.05, 0.1) is 6.33 Å². The summed E-state index contributed by atoms with van der Waals surface area (Å²) in [5, 5.41) is 12.2. The Morgan fingerprint density at radius 3 is 2.89 bits per heavy atom. The lowest BCUT2D eigenvalue weighted by molar-refractivity contribution is 0.203. The Balaban J connectivity index is 1.93. The number of imidazole rings is 1. The fraction of sp³-hybridized carbons (Fsp3) is 0.583. The zero-order chi connectivity index (χ0) is 13.2. The van der Waals surface area contributed by atoms with Crippen LogP contribution in [0.25, 0.3) is 11.2 Å². The van der Waals surface area contributed by atoms with Gasteiger partial charge in [-0.2, -0.15) is 9.97 Å². The van der Waals surface area contributed by atoms with Gasteiger partial charge in [-0.3, -0.25) is 0 Å². The van der Waals surface area contributed by atoms with E-state index in [0.29, 0.717) is 17.5 Å². The van der Waals surface area contributed by atoms with Crippen LogP contribution < -0.4 is 10.2 Å². The number of H-pyrrole nitrogens is 1. The molecule has 0 amide bonds. The highest BCUT2D eigenvalue weighted by Gasteiger charge is 2.22. The van der Waals surface area contributed by atoms with Crippen molar-refractivity contribution in [3.63, 3.8) is 0 Å². The Bertz CT molecular complexity index is 560. The number of rotatable bonds is 3. The number of aliphatic hydroxyl groups excluding tert-OH is 1. The molecule has 0 bridgehead atoms. The highest BCUT2D eigenvalue weighted by molar-refractivity contribution is 5.84. The Hall–Kier alpha value is -1.89. The molecule has 0 spiro atoms. The molecule has 1 aliphatic heterocycles. The van der Waals surface area contributed by atoms with E-state index in [9.17, 15) is 5.11 Å². The molecule has 1 saturated heterocycles. The normalized spacial score (nSPS) is 17.1. The standard InChI is InChI=1S/C12H18N6O/c1-13-12-16-10-9(14-7-15-10)11(17-12)18-4-2-8(6-19)3-5-18/h7-8,19H,2-6H2,1H3,(H2,13,14,15,16,17). The number of aromatic nitrogens is 4. The smallest absolute Gasteiger partial charge is 0.226 e. The van der Waals surface area contributed by atoms with Gasteiger partial charge in [-0.05, 0) is 18.8 Å². The van der Waals surface area contributed by atoms with Crippen molar-refractivity contribution < 1.29 is 5.11 Å². The van der Waals surface area contributed by atoms with Crippen LogP contribution in [0.5, 0.6) is 0 Å². The lowest BCUT2D eigenvalue weighted by Crippen LogP contribution is -2.35. The van der Waals surface area contributed by atoms with Crippen LogP contribution in [0.3, 0.4) is 0 Å². The van der Waals surface area contributed by atoms with Crippen LogP contribution in [0.15, 0.2) is 6.33 Å². The summed E-state index contributed by atoms with van der Waals surface area (Å²) in [5.41, 5.74) is 1.56. The first-order valence-electron chi connectivity index (χ1n) is 6.56. The number of aliphatic hydroxyl groups is 1. The number of nitrogens with zero attached hydrogens (tertiary/aromatic N) is 4. The zero-order valence-corrected chi connectivity index (χ0v) is 10.9. The predicted molar refractivity (Wildman–Crippen MR) is 73.3 cm³/mol. The summed E-state index contributed by atoms with van der Waals surface area (Å²) in [7, 11) is 1.80. The summed E-state index contributed by atoms with van der Waals surface area (Å²) in [6.07, 6.45) is 3.62. The van der Waals surface area contributed by atoms with E-state index in [-0.39, 0.29) is 6.61 Å². The summed E-state index contributed by atoms with van der Waals surface area (Å²) in [4.78, 5) is 18.4. The fourth-order valence-electron chi connectivity index (χ4n) is 2.49. The predicted octanol–water partition coefficient (Wildman–Crippen LogP) is 0.603. The Labute approximate surface area is 111 Å². The van der Waals surface area contributed by atoms with E-state index in [1.54, 1.807) is 13.4 Å². The molecule has 3 heterocycles. The Morgan fingerprint density at radius 2 is 2.21 bits per heavy atom. The first-order valence-corrected chi connectivity index (χ1v) is 6.56. The number of hydrogen-bond acceptors (Lipinski definition) is 6. The molecule has 3 N–H and O–H groups in total. The van der Waals surface area contributed by atoms with Gasteiger partial charge < -0.3 is 20.3 Å². The highest BCUT2D eigenvalue weighted by Crippen LogP contribution is 2.27. The molecular formula is C12H18N6O. The minimum absolute atomic E-state index is 0.277. The van der Waals surface area contributed by atoms with Gasteiger partial charge in [0.2, 0.25) is 5.95 Å². The molecule has 3 rings (SSSR count). The van der Waals surface area contributed by atoms with Crippen LogP contribution >= 0.6 is 0 Å². The lowest BCUT2D eigenvalue weighted by Gasteiger charge is -2.32. The van der Waals surface area contributed by atoms with Crippen molar-refractivity contribution in [3.8, 4) is 0 Å². The fourth-order valence-corrected chi connectivity index (χ4v) is 2.49. The minimum atomic E-state index is 0.277. The van der Waals surface area contributed by atoms with E-state index in [1.165, 1.54) is 0 Å². The second-order valence-electron chi connectivity index (χ2n) is 4.83. The average molecular weight is 262 g/mol. The number of aromatic amines is 1. The van der Waals surface area contributed by atoms with Gasteiger partial charge in [0.1, 0.15) is 5.52 Å². The largest absolute Gasteiger partial charge is 0.396 e. The Kier molecular flexibility index (Phi) is 3.20. The highest BCUT2D eigenvalue weighted by atomic mass is 16.3. The van der Waals surface area contributed by atoms with Crippen molar-refractivity contribution >= 4 is 22.9 Å². The molecule has 7 nitrogen and oxygen atoms in total. The maximum atomic E-state index is 9.20. The van der Waals surface area contributed by atoms with E-state index in [4.69, 9.17) is 0 Å². The maximum Gasteiger partial charge on any atom is 0.226 e. The van der Waals surface area contributed by atoms with Crippen molar-refractivity contribution in [1.29, 1.82) is 0 Å². The van der Waals surface area contributed by atoms with E-state index in [1.807, 2.05) is 0 Å². The second kappa shape index (κ2) is 5.00. The summed E-state index contributed by atoms with van der Waals surface area (Å²) in [6.45, 7) is 2.08. The molecule has 0 aromatic carbocycles. The molecule has 0 unspecified atom stereocenters. The maximum absolute atomic E-state index is 9.20. The van der Waals surface area contributed by atoms with Gasteiger partial charge in [-0.1, -0.05) is 0 Å². The van der Waals surface area contributed by atoms with Crippen molar-refractivity contribution in [3.05, 3.63) is 6.33 Å². The molecule has 102 valence electrons. The van der Waals surface area contributed by atoms with Gasteiger partial charge in [0, 0.05) is 26.7 Å². The molecule has 1 aliphatic rings. The molecule has 0 saturated carbocycles. The van der Waals surface area contributed by atoms with Crippen molar-refractivity contribution in [1.82, 2.24) is 19.9 Å². The number of hydrogen-bond donors (Lipinski definition) is 3. The van der Waals surface area contributed by atoms with Crippen molar-refractivity contribution in [2.75, 3.05) is 37.0 Å². The van der Waals surface area contributed by atoms with Gasteiger partial charge in [0.25, 0.3) is 0 Å². The average Bonchev–Trinajstić information content (AvgIpc) is 2.94. The van der Waals surface area contributed by atoms with Crippen molar-refractivity contribution in [2.45, 2.75) is 12.8 Å². The number of anilines is 2. The van der Waals surface area contributed by atoms with Crippen LogP contribution in [-0.2, 0) is 0 Å². The molecule has 7 heteroatoms. The molecule has 2 aromatic rings. The third kappa shape index (κ3) is 2.21. The SMILES string of the molecule is CNc1nc(N2CCC(CO)CC2)c2[nH]cnc2n1. The Morgan fingerprint density at radius 1 is 1.42 bits per heavy atom. The molecular weight excluding hydrogens is 244 g/mol. The van der Waals surface area contributed by atoms with Crippen LogP contribution in [0.4, 0.5) is 11.8 Å². The molecule has 0 radical (unpaired) electrons.